The van der Waals surface area contributed by atoms with Gasteiger partial charge in [0.25, 0.3) is 0 Å². The molecule has 4 rings (SSSR count). The second kappa shape index (κ2) is 37.8. The van der Waals surface area contributed by atoms with Gasteiger partial charge in [0.1, 0.15) is 17.3 Å². The third kappa shape index (κ3) is 34.0. The van der Waals surface area contributed by atoms with Crippen LogP contribution in [0.15, 0.2) is 36.5 Å². The Morgan fingerprint density at radius 1 is 0.255 bits per heavy atom. The minimum absolute atomic E-state index is 0.467. The molecule has 0 radical (unpaired) electrons. The second-order valence-electron chi connectivity index (χ2n) is 17.8. The maximum atomic E-state index is 11.7. The predicted molar refractivity (Wildman–Crippen MR) is 239 cm³/mol. The molecule has 55 heavy (non-hydrogen) atoms. The van der Waals surface area contributed by atoms with Crippen molar-refractivity contribution in [3.63, 3.8) is 0 Å². The van der Waals surface area contributed by atoms with Crippen LogP contribution in [0.3, 0.4) is 0 Å². The molecule has 0 bridgehead atoms. The smallest absolute Gasteiger partial charge is 0.132 e. The van der Waals surface area contributed by atoms with Crippen molar-refractivity contribution in [2.24, 2.45) is 11.8 Å². The molecule has 2 atom stereocenters. The van der Waals surface area contributed by atoms with Crippen LogP contribution in [0.2, 0.25) is 0 Å². The van der Waals surface area contributed by atoms with Gasteiger partial charge in [0, 0.05) is 38.5 Å². The van der Waals surface area contributed by atoms with Gasteiger partial charge >= 0.3 is 0 Å². The second-order valence-corrected chi connectivity index (χ2v) is 17.8. The first-order chi connectivity index (χ1) is 27.1. The number of carbonyl (C=O) groups is 3. The number of ketones is 3. The van der Waals surface area contributed by atoms with E-state index in [2.05, 4.69) is 36.5 Å². The Morgan fingerprint density at radius 3 is 0.836 bits per heavy atom. The lowest BCUT2D eigenvalue weighted by atomic mass is 10.0. The van der Waals surface area contributed by atoms with E-state index in [1.165, 1.54) is 167 Å². The molecule has 2 saturated carbocycles. The predicted octanol–water partition coefficient (Wildman–Crippen LogP) is 16.6. The Morgan fingerprint density at radius 2 is 0.491 bits per heavy atom. The number of Topliss-reactive ketones (excluding diaryl/α,β-unsaturated/α-hetero) is 3. The van der Waals surface area contributed by atoms with Crippen LogP contribution in [0.1, 0.15) is 263 Å². The van der Waals surface area contributed by atoms with Crippen LogP contribution in [0.25, 0.3) is 0 Å². The highest BCUT2D eigenvalue weighted by molar-refractivity contribution is 5.78. The zero-order valence-electron chi connectivity index (χ0n) is 36.3. The molecule has 0 heterocycles. The summed E-state index contributed by atoms with van der Waals surface area (Å²) >= 11 is 0. The molecule has 0 amide bonds. The van der Waals surface area contributed by atoms with Gasteiger partial charge in [-0.15, -0.1) is 0 Å². The highest BCUT2D eigenvalue weighted by Crippen LogP contribution is 2.45. The van der Waals surface area contributed by atoms with Crippen molar-refractivity contribution in [3.05, 3.63) is 36.5 Å². The fourth-order valence-electron chi connectivity index (χ4n) is 8.57. The van der Waals surface area contributed by atoms with Crippen LogP contribution in [-0.2, 0) is 14.4 Å². The third-order valence-electron chi connectivity index (χ3n) is 12.4. The first-order valence-electron chi connectivity index (χ1n) is 24.6. The summed E-state index contributed by atoms with van der Waals surface area (Å²) in [6.07, 6.45) is 63.6. The number of fused-ring (bicyclic) bond motifs is 1. The van der Waals surface area contributed by atoms with E-state index in [1.54, 1.807) is 0 Å². The third-order valence-corrected chi connectivity index (χ3v) is 12.4. The zero-order valence-corrected chi connectivity index (χ0v) is 36.3. The molecule has 0 aromatic rings. The van der Waals surface area contributed by atoms with Gasteiger partial charge in [-0.25, -0.2) is 0 Å². The van der Waals surface area contributed by atoms with E-state index in [0.29, 0.717) is 17.3 Å². The molecule has 2 unspecified atom stereocenters. The van der Waals surface area contributed by atoms with E-state index in [0.717, 1.165) is 108 Å². The van der Waals surface area contributed by atoms with Crippen LogP contribution in [-0.4, -0.2) is 17.3 Å². The molecule has 3 nitrogen and oxygen atoms in total. The largest absolute Gasteiger partial charge is 0.300 e. The lowest BCUT2D eigenvalue weighted by Crippen LogP contribution is -1.97. The number of allylic oxidation sites excluding steroid dienone is 6. The summed E-state index contributed by atoms with van der Waals surface area (Å²) in [6.45, 7) is 0. The van der Waals surface area contributed by atoms with Crippen molar-refractivity contribution in [2.45, 2.75) is 263 Å². The highest BCUT2D eigenvalue weighted by Gasteiger charge is 2.35. The Hall–Kier alpha value is -1.77. The summed E-state index contributed by atoms with van der Waals surface area (Å²) in [5, 5.41) is 0. The van der Waals surface area contributed by atoms with Crippen molar-refractivity contribution in [1.82, 2.24) is 0 Å². The topological polar surface area (TPSA) is 51.2 Å². The van der Waals surface area contributed by atoms with E-state index in [4.69, 9.17) is 0 Å². The first kappa shape index (κ1) is 49.4. The van der Waals surface area contributed by atoms with Crippen LogP contribution in [0.4, 0.5) is 0 Å². The number of rotatable bonds is 0. The number of carbonyl (C=O) groups excluding carboxylic acids is 3. The molecule has 0 aliphatic heterocycles. The molecule has 4 aliphatic carbocycles. The zero-order chi connectivity index (χ0) is 39.1. The van der Waals surface area contributed by atoms with Crippen LogP contribution in [0, 0.1) is 11.8 Å². The van der Waals surface area contributed by atoms with Crippen LogP contribution in [0.5, 0.6) is 0 Å². The van der Waals surface area contributed by atoms with E-state index in [1.807, 2.05) is 0 Å². The Bertz CT molecular complexity index is 958. The standard InChI is InChI=1S/C18H32O.C17H30O.C17H28O/c19-18-13-9-5-1-3-7-11-16-15-17(16)12-8-4-2-6-10-14-18;2*18-17-15-13-11-9-7-5-3-1-2-4-6-8-10-12-14-16-17/h16-17H,1-15H2;1-2H,3-16H2;1-2,7,9H,3-6,8,10-16H2/b;2-1-;2-1+,9-7-. The molecule has 0 aromatic heterocycles. The van der Waals surface area contributed by atoms with Crippen molar-refractivity contribution < 1.29 is 14.4 Å². The minimum Gasteiger partial charge on any atom is -0.300 e. The van der Waals surface area contributed by atoms with Crippen LogP contribution >= 0.6 is 0 Å². The quantitative estimate of drug-likeness (QED) is 0.231. The molecule has 0 aromatic carbocycles. The fraction of sp³-hybridized carbons (Fsp3) is 0.827. The molecule has 0 spiro atoms. The summed E-state index contributed by atoms with van der Waals surface area (Å²) < 4.78 is 0. The van der Waals surface area contributed by atoms with Crippen molar-refractivity contribution in [3.8, 4) is 0 Å². The van der Waals surface area contributed by atoms with E-state index in [9.17, 15) is 14.4 Å². The maximum Gasteiger partial charge on any atom is 0.132 e. The average molecular weight is 763 g/mol. The maximum absolute atomic E-state index is 11.7. The van der Waals surface area contributed by atoms with Gasteiger partial charge in [0.05, 0.1) is 0 Å². The van der Waals surface area contributed by atoms with E-state index < -0.39 is 0 Å². The summed E-state index contributed by atoms with van der Waals surface area (Å²) in [7, 11) is 0. The molecule has 316 valence electrons. The Labute approximate surface area is 342 Å². The number of hydrogen-bond donors (Lipinski definition) is 0. The average Bonchev–Trinajstić information content (AvgIpc) is 3.93. The molecular formula is C52H90O3. The lowest BCUT2D eigenvalue weighted by molar-refractivity contribution is -0.120. The first-order valence-corrected chi connectivity index (χ1v) is 24.6. The molecule has 0 N–H and O–H groups in total. The highest BCUT2D eigenvalue weighted by atomic mass is 16.1. The van der Waals surface area contributed by atoms with Gasteiger partial charge in [-0.3, -0.25) is 14.4 Å². The summed E-state index contributed by atoms with van der Waals surface area (Å²) in [4.78, 5) is 34.9. The van der Waals surface area contributed by atoms with E-state index >= 15 is 0 Å². The van der Waals surface area contributed by atoms with Crippen molar-refractivity contribution in [1.29, 1.82) is 0 Å². The molecular weight excluding hydrogens is 673 g/mol. The normalized spacial score (nSPS) is 27.4. The van der Waals surface area contributed by atoms with Gasteiger partial charge in [-0.2, -0.15) is 0 Å². The fourth-order valence-corrected chi connectivity index (χ4v) is 8.57. The SMILES string of the molecule is O=C1CCC/C=C\CC/C=C/CCCCCCC1.O=C1CCCCCCC/C=C\CCCCCCC1.O=C1CCCCCCCC2CC2CCCCCCC1. The minimum atomic E-state index is 0.467. The molecule has 2 fully saturated rings. The van der Waals surface area contributed by atoms with Gasteiger partial charge in [0.15, 0.2) is 0 Å². The summed E-state index contributed by atoms with van der Waals surface area (Å²) in [5.41, 5.74) is 0. The Balaban J connectivity index is 0.000000285. The summed E-state index contributed by atoms with van der Waals surface area (Å²) in [5.74, 6) is 3.68. The molecule has 4 aliphatic rings. The van der Waals surface area contributed by atoms with Crippen LogP contribution < -0.4 is 0 Å². The van der Waals surface area contributed by atoms with Gasteiger partial charge < -0.3 is 0 Å². The lowest BCUT2D eigenvalue weighted by Gasteiger charge is -2.02. The molecule has 3 heteroatoms. The number of hydrogen-bond acceptors (Lipinski definition) is 3. The van der Waals surface area contributed by atoms with Gasteiger partial charge in [-0.1, -0.05) is 158 Å². The van der Waals surface area contributed by atoms with Gasteiger partial charge in [0.2, 0.25) is 0 Å². The van der Waals surface area contributed by atoms with Gasteiger partial charge in [-0.05, 0) is 115 Å². The Kier molecular flexibility index (Phi) is 33.9. The van der Waals surface area contributed by atoms with E-state index in [-0.39, 0.29) is 0 Å². The summed E-state index contributed by atoms with van der Waals surface area (Å²) in [6, 6.07) is 0. The molecule has 0 saturated heterocycles. The monoisotopic (exact) mass is 763 g/mol. The van der Waals surface area contributed by atoms with Crippen molar-refractivity contribution in [2.75, 3.05) is 0 Å². The van der Waals surface area contributed by atoms with Crippen molar-refractivity contribution >= 4 is 17.3 Å².